The number of anilines is 1. The lowest BCUT2D eigenvalue weighted by Gasteiger charge is -2.18. The Balaban J connectivity index is 1.38. The molecule has 1 aliphatic heterocycles. The Morgan fingerprint density at radius 3 is 2.39 bits per heavy atom. The third kappa shape index (κ3) is 4.15. The van der Waals surface area contributed by atoms with Crippen LogP contribution in [0.1, 0.15) is 21.5 Å². The molecule has 4 aromatic rings. The Hall–Kier alpha value is -3.49. The minimum Gasteiger partial charge on any atom is -0.352 e. The Morgan fingerprint density at radius 2 is 1.64 bits per heavy atom. The van der Waals surface area contributed by atoms with Crippen LogP contribution in [0.15, 0.2) is 63.0 Å². The molecule has 166 valence electrons. The van der Waals surface area contributed by atoms with E-state index in [-0.39, 0.29) is 5.91 Å². The standard InChI is InChI=1S/C24H19ClN4O3S/c1-12-8-19-20(28-24(32)23(31)27-19)11-21(12)33-29-15-3-5-16(18(25)10-15)13-2-4-17-14(9-13)6-7-26-22(17)30/h2-5,8-11,29H,6-7H2,1H3,(H,26,30)(H,27,31)(H,28,32). The molecule has 0 saturated carbocycles. The summed E-state index contributed by atoms with van der Waals surface area (Å²) in [5, 5.41) is 3.45. The predicted molar refractivity (Wildman–Crippen MR) is 132 cm³/mol. The molecule has 33 heavy (non-hydrogen) atoms. The second-order valence-electron chi connectivity index (χ2n) is 7.85. The second kappa shape index (κ2) is 8.46. The van der Waals surface area contributed by atoms with Gasteiger partial charge in [0.2, 0.25) is 0 Å². The molecule has 7 nitrogen and oxygen atoms in total. The van der Waals surface area contributed by atoms with Crippen molar-refractivity contribution in [2.75, 3.05) is 11.3 Å². The van der Waals surface area contributed by atoms with Crippen LogP contribution in [0.2, 0.25) is 5.02 Å². The maximum atomic E-state index is 12.0. The van der Waals surface area contributed by atoms with Gasteiger partial charge in [-0.1, -0.05) is 29.8 Å². The van der Waals surface area contributed by atoms with Crippen LogP contribution < -0.4 is 21.2 Å². The first-order valence-electron chi connectivity index (χ1n) is 10.3. The number of benzene rings is 3. The highest BCUT2D eigenvalue weighted by Gasteiger charge is 2.17. The molecule has 0 fully saturated rings. The van der Waals surface area contributed by atoms with E-state index in [1.807, 2.05) is 55.5 Å². The minimum atomic E-state index is -0.680. The largest absolute Gasteiger partial charge is 0.352 e. The minimum absolute atomic E-state index is 0.0371. The van der Waals surface area contributed by atoms with E-state index in [1.54, 1.807) is 0 Å². The van der Waals surface area contributed by atoms with Crippen molar-refractivity contribution in [1.29, 1.82) is 0 Å². The highest BCUT2D eigenvalue weighted by atomic mass is 35.5. The summed E-state index contributed by atoms with van der Waals surface area (Å²) in [6.45, 7) is 2.57. The van der Waals surface area contributed by atoms with Gasteiger partial charge in [-0.25, -0.2) is 0 Å². The van der Waals surface area contributed by atoms with Crippen molar-refractivity contribution in [3.63, 3.8) is 0 Å². The molecule has 0 aliphatic carbocycles. The van der Waals surface area contributed by atoms with Crippen molar-refractivity contribution in [2.45, 2.75) is 18.2 Å². The Kier molecular flexibility index (Phi) is 5.47. The van der Waals surface area contributed by atoms with Gasteiger partial charge in [-0.15, -0.1) is 0 Å². The summed E-state index contributed by atoms with van der Waals surface area (Å²) in [6.07, 6.45) is 0.799. The van der Waals surface area contributed by atoms with Gasteiger partial charge in [-0.2, -0.15) is 0 Å². The fourth-order valence-electron chi connectivity index (χ4n) is 3.89. The maximum absolute atomic E-state index is 12.0. The number of hydrogen-bond acceptors (Lipinski definition) is 5. The van der Waals surface area contributed by atoms with Gasteiger partial charge in [0, 0.05) is 28.3 Å². The SMILES string of the molecule is Cc1cc2[nH]c(=O)c(=O)[nH]c2cc1SNc1ccc(-c2ccc3c(c2)CCNC3=O)c(Cl)c1. The van der Waals surface area contributed by atoms with Gasteiger partial charge in [0.05, 0.1) is 16.1 Å². The third-order valence-electron chi connectivity index (χ3n) is 5.61. The summed E-state index contributed by atoms with van der Waals surface area (Å²) in [5.41, 5.74) is 5.16. The van der Waals surface area contributed by atoms with Crippen molar-refractivity contribution in [1.82, 2.24) is 15.3 Å². The fourth-order valence-corrected chi connectivity index (χ4v) is 4.93. The predicted octanol–water partition coefficient (Wildman–Crippen LogP) is 4.25. The van der Waals surface area contributed by atoms with Crippen LogP contribution in [0.3, 0.4) is 0 Å². The first-order valence-corrected chi connectivity index (χ1v) is 11.5. The third-order valence-corrected chi connectivity index (χ3v) is 6.92. The number of rotatable bonds is 4. The van der Waals surface area contributed by atoms with E-state index in [2.05, 4.69) is 20.0 Å². The lowest BCUT2D eigenvalue weighted by molar-refractivity contribution is 0.0946. The average molecular weight is 479 g/mol. The van der Waals surface area contributed by atoms with E-state index in [0.29, 0.717) is 28.2 Å². The van der Waals surface area contributed by atoms with Crippen molar-refractivity contribution >= 4 is 46.2 Å². The number of aromatic nitrogens is 2. The number of halogens is 1. The number of amides is 1. The van der Waals surface area contributed by atoms with Crippen molar-refractivity contribution in [2.24, 2.45) is 0 Å². The first-order chi connectivity index (χ1) is 15.9. The Bertz CT molecular complexity index is 1540. The van der Waals surface area contributed by atoms with Gasteiger partial charge in [-0.3, -0.25) is 14.4 Å². The van der Waals surface area contributed by atoms with Crippen molar-refractivity contribution in [3.05, 3.63) is 91.0 Å². The number of hydrogen-bond donors (Lipinski definition) is 4. The Labute approximate surface area is 197 Å². The Morgan fingerprint density at radius 1 is 0.909 bits per heavy atom. The number of aromatic amines is 2. The molecule has 4 N–H and O–H groups in total. The average Bonchev–Trinajstić information content (AvgIpc) is 2.79. The van der Waals surface area contributed by atoms with Gasteiger partial charge < -0.3 is 20.0 Å². The number of carbonyl (C=O) groups excluding carboxylic acids is 1. The summed E-state index contributed by atoms with van der Waals surface area (Å²) in [6, 6.07) is 15.2. The second-order valence-corrected chi connectivity index (χ2v) is 9.10. The number of nitrogens with one attached hydrogen (secondary N) is 4. The van der Waals surface area contributed by atoms with Crippen LogP contribution in [0.4, 0.5) is 5.69 Å². The topological polar surface area (TPSA) is 107 Å². The van der Waals surface area contributed by atoms with Gasteiger partial charge in [0.15, 0.2) is 0 Å². The summed E-state index contributed by atoms with van der Waals surface area (Å²) in [4.78, 5) is 41.2. The van der Waals surface area contributed by atoms with Crippen LogP contribution in [-0.2, 0) is 6.42 Å². The molecule has 0 unspecified atom stereocenters. The highest BCUT2D eigenvalue weighted by molar-refractivity contribution is 8.00. The lowest BCUT2D eigenvalue weighted by atomic mass is 9.95. The molecular weight excluding hydrogens is 460 g/mol. The zero-order chi connectivity index (χ0) is 23.1. The molecular formula is C24H19ClN4O3S. The highest BCUT2D eigenvalue weighted by Crippen LogP contribution is 2.34. The zero-order valence-electron chi connectivity index (χ0n) is 17.5. The smallest absolute Gasteiger partial charge is 0.314 e. The van der Waals surface area contributed by atoms with E-state index in [1.165, 1.54) is 11.9 Å². The number of H-pyrrole nitrogens is 2. The summed E-state index contributed by atoms with van der Waals surface area (Å²) < 4.78 is 3.28. The molecule has 5 rings (SSSR count). The van der Waals surface area contributed by atoms with Gasteiger partial charge in [-0.05, 0) is 72.3 Å². The lowest BCUT2D eigenvalue weighted by Crippen LogP contribution is -2.31. The number of carbonyl (C=O) groups is 1. The molecule has 1 aromatic heterocycles. The number of fused-ring (bicyclic) bond motifs is 2. The van der Waals surface area contributed by atoms with E-state index in [0.717, 1.165) is 39.3 Å². The number of aryl methyl sites for hydroxylation is 1. The molecule has 1 aliphatic rings. The van der Waals surface area contributed by atoms with E-state index in [9.17, 15) is 14.4 Å². The van der Waals surface area contributed by atoms with Crippen LogP contribution >= 0.6 is 23.5 Å². The van der Waals surface area contributed by atoms with E-state index >= 15 is 0 Å². The zero-order valence-corrected chi connectivity index (χ0v) is 19.1. The normalized spacial score (nSPS) is 13.0. The van der Waals surface area contributed by atoms with E-state index in [4.69, 9.17) is 11.6 Å². The maximum Gasteiger partial charge on any atom is 0.314 e. The van der Waals surface area contributed by atoms with Gasteiger partial charge in [0.25, 0.3) is 5.91 Å². The quantitative estimate of drug-likeness (QED) is 0.259. The molecule has 2 heterocycles. The molecule has 0 spiro atoms. The molecule has 0 saturated heterocycles. The monoisotopic (exact) mass is 478 g/mol. The van der Waals surface area contributed by atoms with E-state index < -0.39 is 11.1 Å². The fraction of sp³-hybridized carbons (Fsp3) is 0.125. The summed E-state index contributed by atoms with van der Waals surface area (Å²) in [5.74, 6) is -0.0371. The van der Waals surface area contributed by atoms with Crippen LogP contribution in [-0.4, -0.2) is 22.4 Å². The van der Waals surface area contributed by atoms with Gasteiger partial charge >= 0.3 is 11.1 Å². The summed E-state index contributed by atoms with van der Waals surface area (Å²) >= 11 is 7.98. The molecule has 0 bridgehead atoms. The van der Waals surface area contributed by atoms with Crippen molar-refractivity contribution < 1.29 is 4.79 Å². The van der Waals surface area contributed by atoms with Gasteiger partial charge in [0.1, 0.15) is 0 Å². The van der Waals surface area contributed by atoms with Crippen LogP contribution in [0, 0.1) is 6.92 Å². The molecule has 0 radical (unpaired) electrons. The molecule has 3 aromatic carbocycles. The molecule has 0 atom stereocenters. The van der Waals surface area contributed by atoms with Crippen molar-refractivity contribution in [3.8, 4) is 11.1 Å². The first kappa shape index (κ1) is 21.4. The van der Waals surface area contributed by atoms with Crippen LogP contribution in [0.5, 0.6) is 0 Å². The van der Waals surface area contributed by atoms with Crippen LogP contribution in [0.25, 0.3) is 22.2 Å². The summed E-state index contributed by atoms with van der Waals surface area (Å²) in [7, 11) is 0. The molecule has 1 amide bonds. The molecule has 9 heteroatoms.